The zero-order chi connectivity index (χ0) is 13.7. The molecule has 1 saturated carbocycles. The van der Waals surface area contributed by atoms with Crippen molar-refractivity contribution in [3.8, 4) is 0 Å². The van der Waals surface area contributed by atoms with E-state index in [1.807, 2.05) is 0 Å². The smallest absolute Gasteiger partial charge is 0.254 e. The summed E-state index contributed by atoms with van der Waals surface area (Å²) in [5, 5.41) is 2.36. The second-order valence-corrected chi connectivity index (χ2v) is 4.78. The van der Waals surface area contributed by atoms with Crippen molar-refractivity contribution in [2.45, 2.75) is 25.8 Å². The van der Waals surface area contributed by atoms with Crippen molar-refractivity contribution < 1.29 is 18.0 Å². The molecule has 1 heterocycles. The summed E-state index contributed by atoms with van der Waals surface area (Å²) >= 11 is 0. The summed E-state index contributed by atoms with van der Waals surface area (Å²) in [5.41, 5.74) is 0.103. The van der Waals surface area contributed by atoms with Gasteiger partial charge < -0.3 is 10.3 Å². The van der Waals surface area contributed by atoms with Gasteiger partial charge in [0.15, 0.2) is 11.6 Å². The van der Waals surface area contributed by atoms with Gasteiger partial charge in [0.1, 0.15) is 5.82 Å². The fourth-order valence-corrected chi connectivity index (χ4v) is 2.16. The molecule has 2 aromatic rings. The Kier molecular flexibility index (Phi) is 2.55. The third-order valence-corrected chi connectivity index (χ3v) is 3.25. The van der Waals surface area contributed by atoms with Crippen LogP contribution in [0.4, 0.5) is 13.2 Å². The van der Waals surface area contributed by atoms with Gasteiger partial charge in [-0.05, 0) is 19.8 Å². The largest absolute Gasteiger partial charge is 0.355 e. The number of aryl methyl sites for hydroxylation is 1. The fraction of sp³-hybridized carbons (Fsp3) is 0.308. The van der Waals surface area contributed by atoms with Crippen molar-refractivity contribution in [2.24, 2.45) is 0 Å². The number of rotatable bonds is 2. The summed E-state index contributed by atoms with van der Waals surface area (Å²) in [6.45, 7) is 1.53. The number of nitrogens with one attached hydrogen (secondary N) is 2. The maximum Gasteiger partial charge on any atom is 0.254 e. The van der Waals surface area contributed by atoms with Crippen LogP contribution in [0.1, 0.15) is 28.9 Å². The van der Waals surface area contributed by atoms with Crippen molar-refractivity contribution in [1.82, 2.24) is 10.3 Å². The SMILES string of the molecule is Cc1[nH]c2c(F)cc(F)c(F)c2c1C(=O)NC1CC1. The van der Waals surface area contributed by atoms with Gasteiger partial charge in [-0.3, -0.25) is 4.79 Å². The zero-order valence-corrected chi connectivity index (χ0v) is 10.1. The molecule has 1 aromatic carbocycles. The van der Waals surface area contributed by atoms with Gasteiger partial charge in [-0.2, -0.15) is 0 Å². The molecule has 1 fully saturated rings. The molecule has 0 atom stereocenters. The Balaban J connectivity index is 2.22. The molecule has 1 aliphatic carbocycles. The van der Waals surface area contributed by atoms with Crippen LogP contribution in [0.25, 0.3) is 10.9 Å². The molecular weight excluding hydrogens is 257 g/mol. The normalized spacial score (nSPS) is 14.9. The van der Waals surface area contributed by atoms with Crippen LogP contribution in [0.2, 0.25) is 0 Å². The molecule has 0 unspecified atom stereocenters. The minimum Gasteiger partial charge on any atom is -0.355 e. The molecule has 3 rings (SSSR count). The molecule has 0 bridgehead atoms. The average molecular weight is 268 g/mol. The van der Waals surface area contributed by atoms with Gasteiger partial charge in [0.2, 0.25) is 0 Å². The average Bonchev–Trinajstić information content (AvgIpc) is 3.07. The standard InChI is InChI=1S/C13H11F3N2O/c1-5-9(13(19)18-6-2-3-6)10-11(16)7(14)4-8(15)12(10)17-5/h4,6,17H,2-3H2,1H3,(H,18,19). The molecule has 1 amide bonds. The molecule has 6 heteroatoms. The molecular formula is C13H11F3N2O. The molecule has 19 heavy (non-hydrogen) atoms. The molecule has 0 aliphatic heterocycles. The number of halogens is 3. The number of aromatic amines is 1. The first-order valence-corrected chi connectivity index (χ1v) is 5.95. The highest BCUT2D eigenvalue weighted by atomic mass is 19.2. The van der Waals surface area contributed by atoms with Crippen LogP contribution in [0.3, 0.4) is 0 Å². The van der Waals surface area contributed by atoms with Crippen molar-refractivity contribution >= 4 is 16.8 Å². The number of hydrogen-bond donors (Lipinski definition) is 2. The number of hydrogen-bond acceptors (Lipinski definition) is 1. The summed E-state index contributed by atoms with van der Waals surface area (Å²) in [4.78, 5) is 14.6. The van der Waals surface area contributed by atoms with Crippen LogP contribution in [0, 0.1) is 24.4 Å². The first kappa shape index (κ1) is 12.1. The van der Waals surface area contributed by atoms with E-state index in [2.05, 4.69) is 10.3 Å². The predicted molar refractivity (Wildman–Crippen MR) is 63.4 cm³/mol. The van der Waals surface area contributed by atoms with Gasteiger partial charge in [-0.15, -0.1) is 0 Å². The lowest BCUT2D eigenvalue weighted by atomic mass is 10.1. The summed E-state index contributed by atoms with van der Waals surface area (Å²) in [6.07, 6.45) is 1.75. The highest BCUT2D eigenvalue weighted by molar-refractivity contribution is 6.08. The fourth-order valence-electron chi connectivity index (χ4n) is 2.16. The Labute approximate surface area is 106 Å². The van der Waals surface area contributed by atoms with E-state index in [9.17, 15) is 18.0 Å². The molecule has 100 valence electrons. The van der Waals surface area contributed by atoms with Crippen LogP contribution < -0.4 is 5.32 Å². The maximum absolute atomic E-state index is 13.8. The van der Waals surface area contributed by atoms with E-state index < -0.39 is 23.4 Å². The van der Waals surface area contributed by atoms with Gasteiger partial charge in [0, 0.05) is 17.8 Å². The van der Waals surface area contributed by atoms with Crippen LogP contribution in [-0.2, 0) is 0 Å². The van der Waals surface area contributed by atoms with Gasteiger partial charge in [-0.1, -0.05) is 0 Å². The van der Waals surface area contributed by atoms with E-state index in [0.717, 1.165) is 12.8 Å². The van der Waals surface area contributed by atoms with E-state index in [1.54, 1.807) is 0 Å². The van der Waals surface area contributed by atoms with E-state index in [-0.39, 0.29) is 22.5 Å². The zero-order valence-electron chi connectivity index (χ0n) is 10.1. The second-order valence-electron chi connectivity index (χ2n) is 4.78. The Bertz CT molecular complexity index is 689. The van der Waals surface area contributed by atoms with Crippen LogP contribution in [0.5, 0.6) is 0 Å². The molecule has 1 aliphatic rings. The summed E-state index contributed by atoms with van der Waals surface area (Å²) in [7, 11) is 0. The molecule has 2 N–H and O–H groups in total. The summed E-state index contributed by atoms with van der Waals surface area (Å²) < 4.78 is 40.7. The van der Waals surface area contributed by atoms with Crippen molar-refractivity contribution in [3.63, 3.8) is 0 Å². The first-order chi connectivity index (χ1) is 8.99. The lowest BCUT2D eigenvalue weighted by molar-refractivity contribution is 0.0952. The maximum atomic E-state index is 13.8. The van der Waals surface area contributed by atoms with E-state index >= 15 is 0 Å². The second kappa shape index (κ2) is 4.01. The van der Waals surface area contributed by atoms with Gasteiger partial charge in [0.25, 0.3) is 5.91 Å². The number of aromatic nitrogens is 1. The number of amides is 1. The monoisotopic (exact) mass is 268 g/mol. The van der Waals surface area contributed by atoms with E-state index in [1.165, 1.54) is 6.92 Å². The molecule has 1 aromatic heterocycles. The third kappa shape index (κ3) is 1.87. The number of carbonyl (C=O) groups is 1. The van der Waals surface area contributed by atoms with Crippen LogP contribution in [0.15, 0.2) is 6.07 Å². The molecule has 0 saturated heterocycles. The minimum absolute atomic E-state index is 0.0298. The van der Waals surface area contributed by atoms with E-state index in [4.69, 9.17) is 0 Å². The Hall–Kier alpha value is -1.98. The highest BCUT2D eigenvalue weighted by Gasteiger charge is 2.28. The lowest BCUT2D eigenvalue weighted by Crippen LogP contribution is -2.26. The predicted octanol–water partition coefficient (Wildman–Crippen LogP) is 2.79. The van der Waals surface area contributed by atoms with Crippen molar-refractivity contribution in [3.05, 3.63) is 34.8 Å². The molecule has 0 spiro atoms. The molecule has 3 nitrogen and oxygen atoms in total. The van der Waals surface area contributed by atoms with Gasteiger partial charge in [0.05, 0.1) is 16.5 Å². The minimum atomic E-state index is -1.30. The van der Waals surface area contributed by atoms with Crippen molar-refractivity contribution in [1.29, 1.82) is 0 Å². The quantitative estimate of drug-likeness (QED) is 0.808. The van der Waals surface area contributed by atoms with Crippen LogP contribution >= 0.6 is 0 Å². The first-order valence-electron chi connectivity index (χ1n) is 5.95. The Morgan fingerprint density at radius 1 is 1.32 bits per heavy atom. The highest BCUT2D eigenvalue weighted by Crippen LogP contribution is 2.29. The molecule has 0 radical (unpaired) electrons. The topological polar surface area (TPSA) is 44.9 Å². The Morgan fingerprint density at radius 2 is 2.00 bits per heavy atom. The number of benzene rings is 1. The van der Waals surface area contributed by atoms with E-state index in [0.29, 0.717) is 11.8 Å². The van der Waals surface area contributed by atoms with Gasteiger partial charge >= 0.3 is 0 Å². The van der Waals surface area contributed by atoms with Crippen LogP contribution in [-0.4, -0.2) is 16.9 Å². The summed E-state index contributed by atoms with van der Waals surface area (Å²) in [6, 6.07) is 0.550. The third-order valence-electron chi connectivity index (χ3n) is 3.25. The van der Waals surface area contributed by atoms with Crippen molar-refractivity contribution in [2.75, 3.05) is 0 Å². The Morgan fingerprint density at radius 3 is 2.63 bits per heavy atom. The van der Waals surface area contributed by atoms with Gasteiger partial charge in [-0.25, -0.2) is 13.2 Å². The summed E-state index contributed by atoms with van der Waals surface area (Å²) in [5.74, 6) is -3.93. The number of H-pyrrole nitrogens is 1. The number of carbonyl (C=O) groups excluding carboxylic acids is 1. The number of fused-ring (bicyclic) bond motifs is 1. The lowest BCUT2D eigenvalue weighted by Gasteiger charge is -2.04.